The predicted octanol–water partition coefficient (Wildman–Crippen LogP) is 30.0. The van der Waals surface area contributed by atoms with Gasteiger partial charge in [-0.3, -0.25) is 0 Å². The van der Waals surface area contributed by atoms with Gasteiger partial charge in [-0.2, -0.15) is 0 Å². The first-order chi connectivity index (χ1) is 60.8. The highest BCUT2D eigenvalue weighted by atomic mass is 14.9. The number of hydrogen-bond acceptors (Lipinski definition) is 4. The number of benzene rings is 8. The van der Waals surface area contributed by atoms with Gasteiger partial charge in [0.25, 0.3) is 0 Å². The average molecular weight is 1630 g/mol. The Labute approximate surface area is 736 Å². The average Bonchev–Trinajstić information content (AvgIpc) is 1.60. The monoisotopic (exact) mass is 1620 g/mol. The van der Waals surface area contributed by atoms with E-state index in [1.165, 1.54) is 89.1 Å². The van der Waals surface area contributed by atoms with Crippen LogP contribution in [0.15, 0.2) is 306 Å². The SMILES string of the molecule is CCC1=C(CC)C2=C(c3ccccc3)c3[nH]c(c(CC)c3CC)-c3ccc(cc3)C3=NC(=C(c4ccccc4)c4[nH]c(c(CC)c4CC)-c4ccc(cc4)C4=NC(=C(c5ccccc5)c5[nH]c(c(CC)c5CC)-c5ccc(cc5)C5=NC(=C(c6ccccc6)c6[nH]c(c(CC)c6CC)-c6ccc(cc6)C1=N2)C(CC)=C5CC)C(CC)=C4CC)C(CC)=C3CC. The van der Waals surface area contributed by atoms with Crippen molar-refractivity contribution < 1.29 is 0 Å². The van der Waals surface area contributed by atoms with Gasteiger partial charge in [0.05, 0.1) is 68.4 Å². The van der Waals surface area contributed by atoms with Crippen molar-refractivity contribution in [2.75, 3.05) is 0 Å². The zero-order valence-electron chi connectivity index (χ0n) is 75.9. The maximum Gasteiger partial charge on any atom is 0.0772 e. The van der Waals surface area contributed by atoms with Crippen LogP contribution in [0.2, 0.25) is 0 Å². The third-order valence-corrected chi connectivity index (χ3v) is 27.2. The lowest BCUT2D eigenvalue weighted by Crippen LogP contribution is -2.02. The molecule has 0 saturated carbocycles. The zero-order chi connectivity index (χ0) is 86.1. The van der Waals surface area contributed by atoms with E-state index in [1.54, 1.807) is 0 Å². The van der Waals surface area contributed by atoms with Gasteiger partial charge in [-0.05, 0) is 236 Å². The van der Waals surface area contributed by atoms with Gasteiger partial charge in [-0.1, -0.05) is 329 Å². The Morgan fingerprint density at radius 1 is 0.153 bits per heavy atom. The molecule has 24 bridgehead atoms. The Bertz CT molecular complexity index is 5720. The molecule has 0 unspecified atom stereocenters. The molecule has 0 atom stereocenters. The minimum atomic E-state index is 0.841. The first-order valence-electron chi connectivity index (χ1n) is 46.7. The quantitative estimate of drug-likeness (QED) is 0.0583. The second-order valence-electron chi connectivity index (χ2n) is 33.3. The summed E-state index contributed by atoms with van der Waals surface area (Å²) in [6.45, 7) is 37.1. The van der Waals surface area contributed by atoms with Crippen LogP contribution in [-0.2, 0) is 51.4 Å². The molecule has 0 saturated heterocycles. The van der Waals surface area contributed by atoms with Gasteiger partial charge in [0.1, 0.15) is 0 Å². The van der Waals surface area contributed by atoms with Gasteiger partial charge in [0, 0.05) is 67.3 Å². The molecule has 11 aliphatic rings. The summed E-state index contributed by atoms with van der Waals surface area (Å²) in [4.78, 5) is 40.6. The molecule has 12 aromatic rings. The van der Waals surface area contributed by atoms with Gasteiger partial charge in [0.2, 0.25) is 0 Å². The number of allylic oxidation sites excluding steroid dienone is 8. The number of hydrogen-bond donors (Lipinski definition) is 4. The Kier molecular flexibility index (Phi) is 24.4. The maximum atomic E-state index is 5.94. The number of nitrogens with one attached hydrogen (secondary N) is 4. The lowest BCUT2D eigenvalue weighted by molar-refractivity contribution is 1.04. The predicted molar refractivity (Wildman–Crippen MR) is 526 cm³/mol. The minimum Gasteiger partial charge on any atom is -0.354 e. The van der Waals surface area contributed by atoms with E-state index in [4.69, 9.17) is 20.0 Å². The van der Waals surface area contributed by atoms with Crippen LogP contribution in [0.1, 0.15) is 274 Å². The van der Waals surface area contributed by atoms with E-state index < -0.39 is 0 Å². The number of H-pyrrole nitrogens is 4. The van der Waals surface area contributed by atoms with Crippen LogP contribution in [0.25, 0.3) is 67.3 Å². The van der Waals surface area contributed by atoms with Crippen molar-refractivity contribution in [3.05, 3.63) is 398 Å². The van der Waals surface area contributed by atoms with Crippen molar-refractivity contribution in [2.45, 2.75) is 214 Å². The number of aliphatic imine (C=N–C) groups is 4. The summed E-state index contributed by atoms with van der Waals surface area (Å²) in [7, 11) is 0. The van der Waals surface area contributed by atoms with Crippen molar-refractivity contribution in [1.29, 1.82) is 0 Å². The molecule has 624 valence electrons. The standard InChI is InChI=1S/C116H120N8/c1-17-81-89(25-9)109-97(69-45-37-33-38-46-69)110-90(26-10)82(18-2)103(118-110)75-57-59-76(60-58-75)104-85(21-5)93(29-13)113(121-104)99(71-49-41-35-42-50-71)114-94(30-14)86(22-6)107(122-114)79-65-67-80(68-66-79)108-88(24-8)96(32-16)116(124-108)100(72-51-43-36-44-52-72)115-95(31-15)87(23-7)106(123-115)78-63-61-77(62-64-78)105-84(20-4)92(28-12)112(120-105)98(70-47-39-34-40-48-70)111-91(27-11)83(19-3)102(119-111)74-55-53-73(54-56-74)101(81)117-109/h33-68,117,120-121,124H,17-32H2,1-16H3. The topological polar surface area (TPSA) is 113 Å². The third kappa shape index (κ3) is 14.4. The molecule has 8 nitrogen and oxygen atoms in total. The smallest absolute Gasteiger partial charge is 0.0772 e. The third-order valence-electron chi connectivity index (χ3n) is 27.2. The van der Waals surface area contributed by atoms with E-state index in [0.29, 0.717) is 0 Å². The van der Waals surface area contributed by atoms with E-state index >= 15 is 0 Å². The van der Waals surface area contributed by atoms with Gasteiger partial charge in [-0.25, -0.2) is 20.0 Å². The second kappa shape index (κ2) is 36.1. The van der Waals surface area contributed by atoms with Crippen molar-refractivity contribution in [2.24, 2.45) is 20.0 Å². The molecule has 0 spiro atoms. The molecule has 4 N–H and O–H groups in total. The summed E-state index contributed by atoms with van der Waals surface area (Å²) >= 11 is 0. The molecule has 8 heteroatoms. The first kappa shape index (κ1) is 83.7. The van der Waals surface area contributed by atoms with Gasteiger partial charge < -0.3 is 19.9 Å². The van der Waals surface area contributed by atoms with Crippen molar-refractivity contribution in [1.82, 2.24) is 19.9 Å². The molecule has 15 heterocycles. The highest BCUT2D eigenvalue weighted by Crippen LogP contribution is 2.50. The van der Waals surface area contributed by atoms with Crippen LogP contribution in [0.4, 0.5) is 0 Å². The summed E-state index contributed by atoms with van der Waals surface area (Å²) in [6.07, 6.45) is 13.7. The lowest BCUT2D eigenvalue weighted by atomic mass is 9.89. The van der Waals surface area contributed by atoms with Crippen LogP contribution in [0.5, 0.6) is 0 Å². The van der Waals surface area contributed by atoms with Crippen molar-refractivity contribution >= 4 is 45.1 Å². The fraction of sp³-hybridized carbons (Fsp3) is 0.276. The summed E-state index contributed by atoms with van der Waals surface area (Å²) in [5.74, 6) is 0. The molecule has 8 aromatic carbocycles. The maximum absolute atomic E-state index is 5.94. The fourth-order valence-corrected chi connectivity index (χ4v) is 21.4. The normalized spacial score (nSPS) is 14.9. The molecular formula is C116H120N8. The largest absolute Gasteiger partial charge is 0.354 e. The van der Waals surface area contributed by atoms with E-state index in [2.05, 4.69) is 349 Å². The lowest BCUT2D eigenvalue weighted by Gasteiger charge is -2.14. The van der Waals surface area contributed by atoms with Gasteiger partial charge >= 0.3 is 0 Å². The minimum absolute atomic E-state index is 0.841. The molecular weight excluding hydrogens is 1510 g/mol. The fourth-order valence-electron chi connectivity index (χ4n) is 21.4. The van der Waals surface area contributed by atoms with E-state index in [1.807, 2.05) is 0 Å². The molecule has 0 fully saturated rings. The Morgan fingerprint density at radius 2 is 0.306 bits per heavy atom. The van der Waals surface area contributed by atoms with Gasteiger partial charge in [-0.15, -0.1) is 0 Å². The summed E-state index contributed by atoms with van der Waals surface area (Å²) < 4.78 is 0. The number of aromatic nitrogens is 4. The van der Waals surface area contributed by atoms with Crippen LogP contribution in [0, 0.1) is 0 Å². The first-order valence-corrected chi connectivity index (χ1v) is 46.7. The zero-order valence-corrected chi connectivity index (χ0v) is 75.9. The van der Waals surface area contributed by atoms with Crippen LogP contribution in [-0.4, -0.2) is 42.8 Å². The van der Waals surface area contributed by atoms with Crippen LogP contribution >= 0.6 is 0 Å². The molecule has 11 aliphatic heterocycles. The number of aromatic amines is 4. The highest BCUT2D eigenvalue weighted by Gasteiger charge is 2.37. The molecule has 4 aromatic heterocycles. The Balaban J connectivity index is 0.888. The van der Waals surface area contributed by atoms with E-state index in [-0.39, 0.29) is 0 Å². The molecule has 124 heavy (non-hydrogen) atoms. The molecule has 0 amide bonds. The summed E-state index contributed by atoms with van der Waals surface area (Å²) in [6, 6.07) is 81.6. The van der Waals surface area contributed by atoms with E-state index in [9.17, 15) is 0 Å². The Hall–Kier alpha value is -12.5. The number of rotatable bonds is 20. The van der Waals surface area contributed by atoms with Crippen molar-refractivity contribution in [3.8, 4) is 45.0 Å². The van der Waals surface area contributed by atoms with Gasteiger partial charge in [0.15, 0.2) is 0 Å². The number of nitrogens with zero attached hydrogens (tertiary/aromatic N) is 4. The molecule has 0 radical (unpaired) electrons. The second-order valence-corrected chi connectivity index (χ2v) is 33.3. The molecule has 0 aliphatic carbocycles. The highest BCUT2D eigenvalue weighted by molar-refractivity contribution is 6.20. The molecule has 23 rings (SSSR count). The van der Waals surface area contributed by atoms with E-state index in [0.717, 1.165) is 283 Å². The summed E-state index contributed by atoms with van der Waals surface area (Å²) in [5, 5.41) is 0. The Morgan fingerprint density at radius 3 is 0.460 bits per heavy atom. The van der Waals surface area contributed by atoms with Crippen molar-refractivity contribution in [3.63, 3.8) is 0 Å². The van der Waals surface area contributed by atoms with Crippen LogP contribution < -0.4 is 0 Å². The summed E-state index contributed by atoms with van der Waals surface area (Å²) in [5.41, 5.74) is 57.0. The van der Waals surface area contributed by atoms with Crippen LogP contribution in [0.3, 0.4) is 0 Å².